The number of hydrogen-bond donors (Lipinski definition) is 1. The third-order valence-corrected chi connectivity index (χ3v) is 8.25. The number of allylic oxidation sites excluding steroid dienone is 2. The second-order valence-electron chi connectivity index (χ2n) is 10.7. The standard InChI is InChI=1S/C25H14NO.C13H24O2.Ir/c1-2-7-16(8-3-1)18-11-6-13-21-20(18)15-23-25(26-21)19-12-4-9-17-10-5-14-22(27-23)24(17)19;1-5-10(6-2)12(14)9-13(15)11(7-3)8-4;/h1-11,13-15H;9-11,14H,5-8H2,1-4H3;/q-1;;/b;12-9-;. The van der Waals surface area contributed by atoms with Gasteiger partial charge < -0.3 is 9.84 Å². The van der Waals surface area contributed by atoms with Gasteiger partial charge in [-0.1, -0.05) is 93.1 Å². The van der Waals surface area contributed by atoms with Gasteiger partial charge in [0.05, 0.1) is 17.0 Å². The number of aliphatic hydroxyl groups is 1. The first kappa shape index (κ1) is 32.1. The van der Waals surface area contributed by atoms with Crippen LogP contribution in [0.3, 0.4) is 0 Å². The van der Waals surface area contributed by atoms with E-state index in [2.05, 4.69) is 66.7 Å². The van der Waals surface area contributed by atoms with Crippen molar-refractivity contribution < 1.29 is 34.7 Å². The van der Waals surface area contributed by atoms with Crippen LogP contribution in [0, 0.1) is 17.9 Å². The molecule has 4 nitrogen and oxygen atoms in total. The van der Waals surface area contributed by atoms with Gasteiger partial charge in [-0.2, -0.15) is 0 Å². The van der Waals surface area contributed by atoms with Gasteiger partial charge in [0.25, 0.3) is 0 Å². The number of rotatable bonds is 8. The molecule has 6 rings (SSSR count). The minimum Gasteiger partial charge on any atom is -0.512 e. The fraction of sp³-hybridized carbons (Fsp3) is 0.263. The number of aliphatic hydroxyl groups excluding tert-OH is 1. The Morgan fingerprint density at radius 2 is 1.56 bits per heavy atom. The predicted molar refractivity (Wildman–Crippen MR) is 173 cm³/mol. The summed E-state index contributed by atoms with van der Waals surface area (Å²) in [5.74, 6) is 2.20. The number of aromatic nitrogens is 1. The van der Waals surface area contributed by atoms with Crippen LogP contribution in [-0.4, -0.2) is 15.9 Å². The molecule has 5 heteroatoms. The Labute approximate surface area is 268 Å². The van der Waals surface area contributed by atoms with Crippen LogP contribution < -0.4 is 4.74 Å². The molecule has 0 amide bonds. The van der Waals surface area contributed by atoms with Crippen molar-refractivity contribution >= 4 is 27.5 Å². The fourth-order valence-electron chi connectivity index (χ4n) is 5.71. The Morgan fingerprint density at radius 1 is 0.860 bits per heavy atom. The molecule has 1 N–H and O–H groups in total. The smallest absolute Gasteiger partial charge is 0.162 e. The largest absolute Gasteiger partial charge is 0.512 e. The summed E-state index contributed by atoms with van der Waals surface area (Å²) in [5.41, 5.74) is 5.17. The van der Waals surface area contributed by atoms with E-state index in [0.29, 0.717) is 0 Å². The quantitative estimate of drug-likeness (QED) is 0.0957. The summed E-state index contributed by atoms with van der Waals surface area (Å²) >= 11 is 0. The van der Waals surface area contributed by atoms with Crippen molar-refractivity contribution in [3.8, 4) is 33.9 Å². The van der Waals surface area contributed by atoms with Crippen LogP contribution in [0.15, 0.2) is 96.8 Å². The van der Waals surface area contributed by atoms with Crippen molar-refractivity contribution in [1.82, 2.24) is 4.98 Å². The van der Waals surface area contributed by atoms with Gasteiger partial charge in [0.1, 0.15) is 5.75 Å². The maximum Gasteiger partial charge on any atom is 0.162 e. The number of pyridine rings is 1. The molecule has 0 spiro atoms. The summed E-state index contributed by atoms with van der Waals surface area (Å²) in [6.07, 6.45) is 4.91. The molecule has 43 heavy (non-hydrogen) atoms. The van der Waals surface area contributed by atoms with E-state index in [9.17, 15) is 9.90 Å². The molecule has 223 valence electrons. The van der Waals surface area contributed by atoms with Crippen LogP contribution in [0.25, 0.3) is 44.1 Å². The van der Waals surface area contributed by atoms with Gasteiger partial charge in [-0.15, -0.1) is 23.8 Å². The van der Waals surface area contributed by atoms with Crippen LogP contribution in [0.5, 0.6) is 11.5 Å². The Bertz CT molecular complexity index is 1730. The molecular formula is C38H38IrNO3-. The number of nitrogens with zero attached hydrogens (tertiary/aromatic N) is 1. The second-order valence-corrected chi connectivity index (χ2v) is 10.7. The van der Waals surface area contributed by atoms with Crippen LogP contribution in [0.2, 0.25) is 0 Å². The van der Waals surface area contributed by atoms with Gasteiger partial charge in [-0.05, 0) is 55.0 Å². The number of ketones is 1. The first-order valence-corrected chi connectivity index (χ1v) is 15.0. The second kappa shape index (κ2) is 14.6. The SMILES string of the molecule is CCC(CC)C(=O)/C=C(\O)C(CC)CC.[Ir].[c-]1ccc2cccc3c2c1-c1nc2cccc(-c4ccccc4)c2cc1O3. The van der Waals surface area contributed by atoms with Gasteiger partial charge >= 0.3 is 0 Å². The van der Waals surface area contributed by atoms with E-state index in [1.807, 2.05) is 52.0 Å². The molecule has 1 aliphatic rings. The summed E-state index contributed by atoms with van der Waals surface area (Å²) in [5, 5.41) is 13.1. The Hall–Kier alpha value is -3.79. The molecule has 0 saturated carbocycles. The normalized spacial score (nSPS) is 11.9. The Kier molecular flexibility index (Phi) is 10.9. The zero-order chi connectivity index (χ0) is 29.6. The van der Waals surface area contributed by atoms with E-state index >= 15 is 0 Å². The average molecular weight is 749 g/mol. The predicted octanol–water partition coefficient (Wildman–Crippen LogP) is 10.5. The number of carbonyl (C=O) groups excluding carboxylic acids is 1. The van der Waals surface area contributed by atoms with E-state index in [1.54, 1.807) is 0 Å². The third-order valence-electron chi connectivity index (χ3n) is 8.25. The number of ether oxygens (including phenoxy) is 1. The van der Waals surface area contributed by atoms with Crippen molar-refractivity contribution in [2.45, 2.75) is 53.4 Å². The van der Waals surface area contributed by atoms with Gasteiger partial charge in [-0.25, -0.2) is 0 Å². The summed E-state index contributed by atoms with van der Waals surface area (Å²) in [7, 11) is 0. The summed E-state index contributed by atoms with van der Waals surface area (Å²) in [4.78, 5) is 16.7. The van der Waals surface area contributed by atoms with E-state index in [-0.39, 0.29) is 43.5 Å². The van der Waals surface area contributed by atoms with Gasteiger partial charge in [0.15, 0.2) is 5.78 Å². The third kappa shape index (κ3) is 6.74. The first-order valence-electron chi connectivity index (χ1n) is 15.0. The van der Waals surface area contributed by atoms with Crippen molar-refractivity contribution in [3.05, 3.63) is 103 Å². The monoisotopic (exact) mass is 749 g/mol. The summed E-state index contributed by atoms with van der Waals surface area (Å²) in [6.45, 7) is 8.07. The van der Waals surface area contributed by atoms with Crippen LogP contribution in [0.1, 0.15) is 53.4 Å². The summed E-state index contributed by atoms with van der Waals surface area (Å²) in [6, 6.07) is 32.3. The first-order chi connectivity index (χ1) is 20.5. The van der Waals surface area contributed by atoms with Gasteiger partial charge in [0.2, 0.25) is 0 Å². The van der Waals surface area contributed by atoms with Crippen molar-refractivity contribution in [2.75, 3.05) is 0 Å². The van der Waals surface area contributed by atoms with Crippen molar-refractivity contribution in [3.63, 3.8) is 0 Å². The molecule has 0 fully saturated rings. The molecule has 0 bridgehead atoms. The Morgan fingerprint density at radius 3 is 2.26 bits per heavy atom. The molecule has 2 heterocycles. The van der Waals surface area contributed by atoms with Crippen LogP contribution in [0.4, 0.5) is 0 Å². The van der Waals surface area contributed by atoms with Gasteiger partial charge in [0, 0.05) is 49.1 Å². The van der Waals surface area contributed by atoms with Crippen molar-refractivity contribution in [1.29, 1.82) is 0 Å². The minimum atomic E-state index is 0. The van der Waals surface area contributed by atoms with E-state index in [1.165, 1.54) is 11.6 Å². The van der Waals surface area contributed by atoms with E-state index in [4.69, 9.17) is 9.72 Å². The molecular weight excluding hydrogens is 711 g/mol. The number of benzene rings is 4. The fourth-order valence-corrected chi connectivity index (χ4v) is 5.71. The topological polar surface area (TPSA) is 59.4 Å². The zero-order valence-corrected chi connectivity index (χ0v) is 27.6. The average Bonchev–Trinajstić information content (AvgIpc) is 3.02. The molecule has 0 saturated heterocycles. The molecule has 4 aromatic carbocycles. The summed E-state index contributed by atoms with van der Waals surface area (Å²) < 4.78 is 6.27. The zero-order valence-electron chi connectivity index (χ0n) is 25.2. The maximum atomic E-state index is 11.7. The van der Waals surface area contributed by atoms with Crippen molar-refractivity contribution in [2.24, 2.45) is 11.8 Å². The van der Waals surface area contributed by atoms with E-state index < -0.39 is 0 Å². The van der Waals surface area contributed by atoms with Crippen LogP contribution in [-0.2, 0) is 24.9 Å². The molecule has 1 aliphatic heterocycles. The molecule has 0 aliphatic carbocycles. The molecule has 1 aromatic heterocycles. The Balaban J connectivity index is 0.000000230. The molecule has 0 atom stereocenters. The minimum absolute atomic E-state index is 0. The molecule has 0 unspecified atom stereocenters. The van der Waals surface area contributed by atoms with E-state index in [0.717, 1.165) is 75.7 Å². The maximum absolute atomic E-state index is 11.7. The van der Waals surface area contributed by atoms with Gasteiger partial charge in [-0.3, -0.25) is 9.78 Å². The number of fused-ring (bicyclic) bond motifs is 3. The molecule has 5 aromatic rings. The number of carbonyl (C=O) groups is 1. The number of hydrogen-bond acceptors (Lipinski definition) is 4. The van der Waals surface area contributed by atoms with Crippen LogP contribution >= 0.6 is 0 Å². The molecule has 1 radical (unpaired) electrons.